The summed E-state index contributed by atoms with van der Waals surface area (Å²) in [5, 5.41) is 0. The van der Waals surface area contributed by atoms with Crippen LogP contribution in [0.2, 0.25) is 0 Å². The number of piperidine rings is 12. The van der Waals surface area contributed by atoms with Crippen LogP contribution in [0.25, 0.3) is 0 Å². The molecule has 31 aliphatic heterocycles. The second-order valence-electron chi connectivity index (χ2n) is 36.8. The molecule has 114 heavy (non-hydrogen) atoms. The number of nitrogens with zero attached hydrogens (tertiary/aromatic N) is 30. The van der Waals surface area contributed by atoms with Gasteiger partial charge in [0.15, 0.2) is 0 Å². The van der Waals surface area contributed by atoms with Crippen LogP contribution in [-0.4, -0.2) is 247 Å². The molecule has 6 aromatic heterocycles. The fourth-order valence-corrected chi connectivity index (χ4v) is 23.3. The van der Waals surface area contributed by atoms with Crippen LogP contribution in [0, 0.1) is 113 Å². The molecule has 0 N–H and O–H groups in total. The van der Waals surface area contributed by atoms with Crippen LogP contribution in [0.1, 0.15) is 189 Å². The molecule has 0 unspecified atom stereocenters. The fraction of sp³-hybridized carbons (Fsp3) is 0.786. The monoisotopic (exact) mass is 1560 g/mol. The van der Waals surface area contributed by atoms with E-state index < -0.39 is 0 Å². The Balaban J connectivity index is 0.483. The largest absolute Gasteiger partial charge is 0.341 e. The van der Waals surface area contributed by atoms with Crippen LogP contribution in [0.4, 0.5) is 71.4 Å². The van der Waals surface area contributed by atoms with Crippen LogP contribution in [-0.2, 0) is 0 Å². The van der Waals surface area contributed by atoms with Gasteiger partial charge in [0.2, 0.25) is 71.4 Å². The van der Waals surface area contributed by atoms with Crippen molar-refractivity contribution >= 4 is 71.4 Å². The van der Waals surface area contributed by atoms with E-state index in [1.807, 2.05) is 41.5 Å². The Bertz CT molecular complexity index is 3290. The lowest BCUT2D eigenvalue weighted by molar-refractivity contribution is 0.229. The summed E-state index contributed by atoms with van der Waals surface area (Å²) < 4.78 is 0. The first-order chi connectivity index (χ1) is 55.8. The predicted octanol–water partition coefficient (Wildman–Crippen LogP) is 9.76. The van der Waals surface area contributed by atoms with E-state index in [0.29, 0.717) is 71.0 Å². The van der Waals surface area contributed by atoms with E-state index >= 15 is 0 Å². The molecule has 6 aromatic rings. The van der Waals surface area contributed by atoms with Crippen molar-refractivity contribution in [1.29, 1.82) is 0 Å². The van der Waals surface area contributed by atoms with E-state index in [2.05, 4.69) is 58.8 Å². The summed E-state index contributed by atoms with van der Waals surface area (Å²) in [7, 11) is 0. The minimum Gasteiger partial charge on any atom is -0.341 e. The highest BCUT2D eigenvalue weighted by atomic mass is 15.4. The molecular formula is C84H126N30. The van der Waals surface area contributed by atoms with Crippen molar-refractivity contribution in [3.05, 3.63) is 34.9 Å². The maximum Gasteiger partial charge on any atom is 0.230 e. The average molecular weight is 1560 g/mol. The van der Waals surface area contributed by atoms with Crippen LogP contribution in [0.5, 0.6) is 0 Å². The lowest BCUT2D eigenvalue weighted by atomic mass is 9.79. The number of hydrogen-bond donors (Lipinski definition) is 0. The van der Waals surface area contributed by atoms with E-state index in [-0.39, 0.29) is 0 Å². The Morgan fingerprint density at radius 1 is 0.123 bits per heavy atom. The van der Waals surface area contributed by atoms with E-state index in [1.165, 1.54) is 154 Å². The summed E-state index contributed by atoms with van der Waals surface area (Å²) in [5.74, 6) is 23.6. The third-order valence-electron chi connectivity index (χ3n) is 30.2. The quantitative estimate of drug-likeness (QED) is 0.137. The van der Waals surface area contributed by atoms with E-state index in [9.17, 15) is 0 Å². The van der Waals surface area contributed by atoms with Crippen molar-refractivity contribution in [2.24, 2.45) is 71.0 Å². The first-order valence-corrected chi connectivity index (χ1v) is 45.1. The van der Waals surface area contributed by atoms with Gasteiger partial charge in [-0.25, -0.2) is 0 Å². The van der Waals surface area contributed by atoms with Gasteiger partial charge in [-0.2, -0.15) is 89.7 Å². The van der Waals surface area contributed by atoms with E-state index in [4.69, 9.17) is 89.7 Å². The molecule has 0 atom stereocenters. The number of anilines is 12. The minimum atomic E-state index is 0.700. The Morgan fingerprint density at radius 3 is 0.263 bits per heavy atom. The standard InChI is InChI=1S/C84H126N30/c1-55-85-73-97-74(86-55)104-33-9-62(10-34-104)64-13-37-106(38-14-64)76-88-57(3)90-78(99-76)108-41-17-66(18-42-108)68-21-45-110(46-22-68)80-92-59(5)94-82(101-80)112-49-25-70(26-50-112)72-29-53-114(54-30-72)84-96-60(6)95-83(102-84)113-51-27-71(28-52-113)69-23-47-111(48-24-69)81-93-58(4)91-79(100-81)109-43-19-67(20-44-109)65-15-39-107(40-16-65)77-89-56(2)87-75(98-77)105-35-11-63(12-36-105)61-7-31-103(73)32-8-61/h61-72H,7-54H2,1-6H3. The van der Waals surface area contributed by atoms with Gasteiger partial charge in [0, 0.05) is 157 Å². The maximum atomic E-state index is 5.22. The van der Waals surface area contributed by atoms with Gasteiger partial charge in [0.05, 0.1) is 0 Å². The summed E-state index contributed by atoms with van der Waals surface area (Å²) in [5.41, 5.74) is 0. The van der Waals surface area contributed by atoms with Gasteiger partial charge in [0.25, 0.3) is 0 Å². The second-order valence-corrected chi connectivity index (χ2v) is 36.8. The van der Waals surface area contributed by atoms with Crippen LogP contribution in [0.3, 0.4) is 0 Å². The molecule has 12 saturated heterocycles. The molecular weight excluding hydrogens is 1430 g/mol. The maximum absolute atomic E-state index is 5.22. The highest BCUT2D eigenvalue weighted by Crippen LogP contribution is 2.43. The summed E-state index contributed by atoms with van der Waals surface area (Å²) in [6, 6.07) is 0. The summed E-state index contributed by atoms with van der Waals surface area (Å²) in [6.07, 6.45) is 28.1. The van der Waals surface area contributed by atoms with Gasteiger partial charge >= 0.3 is 0 Å². The molecule has 31 aliphatic rings. The zero-order valence-electron chi connectivity index (χ0n) is 69.3. The Labute approximate surface area is 675 Å². The zero-order chi connectivity index (χ0) is 76.9. The molecule has 0 aromatic carbocycles. The molecule has 612 valence electrons. The molecule has 36 bridgehead atoms. The molecule has 0 saturated carbocycles. The van der Waals surface area contributed by atoms with Crippen LogP contribution < -0.4 is 58.8 Å². The van der Waals surface area contributed by atoms with Crippen molar-refractivity contribution < 1.29 is 0 Å². The van der Waals surface area contributed by atoms with Gasteiger partial charge in [-0.1, -0.05) is 0 Å². The summed E-state index contributed by atoms with van der Waals surface area (Å²) >= 11 is 0. The molecule has 0 aliphatic carbocycles. The molecule has 30 nitrogen and oxygen atoms in total. The van der Waals surface area contributed by atoms with Gasteiger partial charge in [0.1, 0.15) is 34.9 Å². The molecule has 0 spiro atoms. The van der Waals surface area contributed by atoms with Crippen LogP contribution in [0.15, 0.2) is 0 Å². The Morgan fingerprint density at radius 2 is 0.193 bits per heavy atom. The molecule has 37 rings (SSSR count). The first kappa shape index (κ1) is 75.7. The Kier molecular flexibility index (Phi) is 22.1. The molecule has 0 radical (unpaired) electrons. The highest BCUT2D eigenvalue weighted by molar-refractivity contribution is 5.47. The molecule has 37 heterocycles. The van der Waals surface area contributed by atoms with Crippen molar-refractivity contribution in [3.63, 3.8) is 0 Å². The van der Waals surface area contributed by atoms with Gasteiger partial charge in [-0.3, -0.25) is 0 Å². The van der Waals surface area contributed by atoms with Crippen molar-refractivity contribution in [1.82, 2.24) is 89.7 Å². The Hall–Kier alpha value is -8.34. The van der Waals surface area contributed by atoms with E-state index in [0.717, 1.165) is 263 Å². The SMILES string of the molecule is Cc1nc2nc(n1)N1CCC(CC1)C1CCN(CC1)c1nc(C)nc(n1)N1CCC(CC1)C1CCN(CC1)c1nc(C)nc(n1)N1CCC(CC1)C1CCN(CC1)c1nc(C)nc(n1)N1CCC(CC1)C1CCN(CC1)c1nc(C)nc(n1)N1CCC(CC1)C1CCN(CC1)c1nc(C)nc(n1)N1CCC(CC1)C1CCN2CC1. The topological polar surface area (TPSA) is 271 Å². The number of hydrogen-bond acceptors (Lipinski definition) is 30. The smallest absolute Gasteiger partial charge is 0.230 e. The van der Waals surface area contributed by atoms with Crippen molar-refractivity contribution in [2.75, 3.05) is 216 Å². The van der Waals surface area contributed by atoms with Gasteiger partial charge in [-0.05, 0) is 267 Å². The number of rotatable bonds is 0. The molecule has 30 heteroatoms. The molecule has 0 amide bonds. The third kappa shape index (κ3) is 16.7. The second kappa shape index (κ2) is 33.3. The van der Waals surface area contributed by atoms with Gasteiger partial charge < -0.3 is 58.8 Å². The van der Waals surface area contributed by atoms with E-state index in [1.54, 1.807) is 0 Å². The zero-order valence-corrected chi connectivity index (χ0v) is 69.3. The van der Waals surface area contributed by atoms with Crippen molar-refractivity contribution in [2.45, 2.75) is 196 Å². The number of aromatic nitrogens is 18. The molecule has 12 fully saturated rings. The average Bonchev–Trinajstić information content (AvgIpc) is 0.817. The van der Waals surface area contributed by atoms with Crippen LogP contribution >= 0.6 is 0 Å². The normalized spacial score (nSPS) is 29.5. The predicted molar refractivity (Wildman–Crippen MR) is 447 cm³/mol. The van der Waals surface area contributed by atoms with Gasteiger partial charge in [-0.15, -0.1) is 0 Å². The van der Waals surface area contributed by atoms with Crippen molar-refractivity contribution in [3.8, 4) is 0 Å². The highest BCUT2D eigenvalue weighted by Gasteiger charge is 2.41. The number of aryl methyl sites for hydroxylation is 6. The first-order valence-electron chi connectivity index (χ1n) is 45.1. The lowest BCUT2D eigenvalue weighted by Gasteiger charge is -2.41. The lowest BCUT2D eigenvalue weighted by Crippen LogP contribution is -2.43. The minimum absolute atomic E-state index is 0.700. The summed E-state index contributed by atoms with van der Waals surface area (Å²) in [4.78, 5) is 120. The fourth-order valence-electron chi connectivity index (χ4n) is 23.3. The third-order valence-corrected chi connectivity index (χ3v) is 30.2. The summed E-state index contributed by atoms with van der Waals surface area (Å²) in [6.45, 7) is 36.0.